The molecule has 0 heterocycles. The predicted octanol–water partition coefficient (Wildman–Crippen LogP) is 5.91. The Balaban J connectivity index is 3.77. The van der Waals surface area contributed by atoms with Crippen LogP contribution in [0.1, 0.15) is 80.1 Å². The Labute approximate surface area is 104 Å². The van der Waals surface area contributed by atoms with E-state index in [9.17, 15) is 0 Å². The molecule has 0 rings (SSSR count). The van der Waals surface area contributed by atoms with Crippen LogP contribution in [0, 0.1) is 23.7 Å². The molecule has 0 aromatic rings. The molecule has 0 amide bonds. The van der Waals surface area contributed by atoms with Crippen LogP contribution in [-0.4, -0.2) is 0 Å². The summed E-state index contributed by atoms with van der Waals surface area (Å²) in [4.78, 5) is 0. The van der Waals surface area contributed by atoms with Crippen molar-refractivity contribution >= 4 is 0 Å². The lowest BCUT2D eigenvalue weighted by Gasteiger charge is -2.24. The van der Waals surface area contributed by atoms with E-state index in [1.807, 2.05) is 0 Å². The third-order valence-electron chi connectivity index (χ3n) is 4.51. The minimum atomic E-state index is 0.913. The lowest BCUT2D eigenvalue weighted by molar-refractivity contribution is 0.274. The van der Waals surface area contributed by atoms with Gasteiger partial charge in [-0.25, -0.2) is 0 Å². The van der Waals surface area contributed by atoms with Gasteiger partial charge in [0.1, 0.15) is 0 Å². The van der Waals surface area contributed by atoms with Gasteiger partial charge in [0.25, 0.3) is 0 Å². The molecule has 16 heavy (non-hydrogen) atoms. The summed E-state index contributed by atoms with van der Waals surface area (Å²) in [5.74, 6) is 3.66. The van der Waals surface area contributed by atoms with Crippen LogP contribution in [-0.2, 0) is 0 Å². The molecule has 0 nitrogen and oxygen atoms in total. The Bertz CT molecular complexity index is 132. The van der Waals surface area contributed by atoms with E-state index in [-0.39, 0.29) is 0 Å². The molecule has 0 N–H and O–H groups in total. The lowest BCUT2D eigenvalue weighted by atomic mass is 9.82. The summed E-state index contributed by atoms with van der Waals surface area (Å²) in [6.45, 7) is 14.3. The van der Waals surface area contributed by atoms with Crippen molar-refractivity contribution in [1.29, 1.82) is 0 Å². The average molecular weight is 226 g/mol. The van der Waals surface area contributed by atoms with Gasteiger partial charge in [-0.3, -0.25) is 0 Å². The van der Waals surface area contributed by atoms with Crippen LogP contribution in [0.25, 0.3) is 0 Å². The Hall–Kier alpha value is 0. The van der Waals surface area contributed by atoms with Gasteiger partial charge in [-0.15, -0.1) is 0 Å². The molecule has 0 heteroatoms. The highest BCUT2D eigenvalue weighted by Gasteiger charge is 2.15. The van der Waals surface area contributed by atoms with Crippen LogP contribution in [0.5, 0.6) is 0 Å². The third kappa shape index (κ3) is 6.55. The summed E-state index contributed by atoms with van der Waals surface area (Å²) in [6.07, 6.45) is 8.34. The van der Waals surface area contributed by atoms with E-state index in [0.717, 1.165) is 23.7 Å². The fourth-order valence-corrected chi connectivity index (χ4v) is 2.57. The summed E-state index contributed by atoms with van der Waals surface area (Å²) < 4.78 is 0. The summed E-state index contributed by atoms with van der Waals surface area (Å²) >= 11 is 0. The minimum Gasteiger partial charge on any atom is -0.0654 e. The second-order valence-electron chi connectivity index (χ2n) is 6.06. The van der Waals surface area contributed by atoms with Crippen molar-refractivity contribution in [3.63, 3.8) is 0 Å². The van der Waals surface area contributed by atoms with Gasteiger partial charge in [-0.05, 0) is 23.7 Å². The van der Waals surface area contributed by atoms with Gasteiger partial charge in [0.15, 0.2) is 0 Å². The quantitative estimate of drug-likeness (QED) is 0.458. The first-order valence-corrected chi connectivity index (χ1v) is 7.52. The zero-order chi connectivity index (χ0) is 12.6. The maximum Gasteiger partial charge on any atom is -0.0417 e. The fraction of sp³-hybridized carbons (Fsp3) is 1.00. The summed E-state index contributed by atoms with van der Waals surface area (Å²) in [6, 6.07) is 0. The fourth-order valence-electron chi connectivity index (χ4n) is 2.57. The minimum absolute atomic E-state index is 0.913. The molecule has 0 fully saturated rings. The van der Waals surface area contributed by atoms with E-state index in [1.165, 1.54) is 38.5 Å². The smallest absolute Gasteiger partial charge is 0.0417 e. The van der Waals surface area contributed by atoms with Crippen LogP contribution in [0.2, 0.25) is 0 Å². The maximum absolute atomic E-state index is 2.44. The first-order valence-electron chi connectivity index (χ1n) is 7.52. The van der Waals surface area contributed by atoms with E-state index in [0.29, 0.717) is 0 Å². The summed E-state index contributed by atoms with van der Waals surface area (Å²) in [7, 11) is 0. The van der Waals surface area contributed by atoms with E-state index in [1.54, 1.807) is 0 Å². The van der Waals surface area contributed by atoms with Crippen LogP contribution >= 0.6 is 0 Å². The van der Waals surface area contributed by atoms with E-state index >= 15 is 0 Å². The summed E-state index contributed by atoms with van der Waals surface area (Å²) in [5.41, 5.74) is 0. The standard InChI is InChI=1S/C16H34/c1-7-9-13(3)15(5)11-12-16(6)14(4)10-8-2/h13-16H,7-12H2,1-6H3. The molecule has 0 saturated carbocycles. The van der Waals surface area contributed by atoms with Crippen molar-refractivity contribution in [1.82, 2.24) is 0 Å². The van der Waals surface area contributed by atoms with Gasteiger partial charge < -0.3 is 0 Å². The van der Waals surface area contributed by atoms with E-state index in [2.05, 4.69) is 41.5 Å². The number of hydrogen-bond donors (Lipinski definition) is 0. The number of hydrogen-bond acceptors (Lipinski definition) is 0. The van der Waals surface area contributed by atoms with Gasteiger partial charge in [0.05, 0.1) is 0 Å². The first kappa shape index (κ1) is 16.0. The monoisotopic (exact) mass is 226 g/mol. The second kappa shape index (κ2) is 9.07. The molecule has 0 aromatic heterocycles. The van der Waals surface area contributed by atoms with Gasteiger partial charge in [0.2, 0.25) is 0 Å². The van der Waals surface area contributed by atoms with Crippen molar-refractivity contribution in [3.8, 4) is 0 Å². The SMILES string of the molecule is CCCC(C)C(C)CCC(C)C(C)CCC. The van der Waals surface area contributed by atoms with E-state index in [4.69, 9.17) is 0 Å². The zero-order valence-corrected chi connectivity index (χ0v) is 12.6. The van der Waals surface area contributed by atoms with Crippen molar-refractivity contribution < 1.29 is 0 Å². The predicted molar refractivity (Wildman–Crippen MR) is 75.7 cm³/mol. The van der Waals surface area contributed by atoms with Crippen molar-refractivity contribution in [2.45, 2.75) is 80.1 Å². The van der Waals surface area contributed by atoms with Crippen LogP contribution in [0.15, 0.2) is 0 Å². The van der Waals surface area contributed by atoms with Crippen molar-refractivity contribution in [2.24, 2.45) is 23.7 Å². The number of rotatable bonds is 9. The molecule has 4 atom stereocenters. The average Bonchev–Trinajstić information content (AvgIpc) is 2.25. The zero-order valence-electron chi connectivity index (χ0n) is 12.6. The molecule has 0 aliphatic rings. The summed E-state index contributed by atoms with van der Waals surface area (Å²) in [5, 5.41) is 0. The van der Waals surface area contributed by atoms with Crippen molar-refractivity contribution in [3.05, 3.63) is 0 Å². The molecular formula is C16H34. The molecule has 0 saturated heterocycles. The lowest BCUT2D eigenvalue weighted by Crippen LogP contribution is -2.13. The first-order chi connectivity index (χ1) is 7.52. The Morgan fingerprint density at radius 1 is 0.500 bits per heavy atom. The third-order valence-corrected chi connectivity index (χ3v) is 4.51. The van der Waals surface area contributed by atoms with Gasteiger partial charge in [0, 0.05) is 0 Å². The Morgan fingerprint density at radius 2 is 0.750 bits per heavy atom. The van der Waals surface area contributed by atoms with E-state index < -0.39 is 0 Å². The Morgan fingerprint density at radius 3 is 1.00 bits per heavy atom. The topological polar surface area (TPSA) is 0 Å². The molecule has 0 bridgehead atoms. The largest absolute Gasteiger partial charge is 0.0654 e. The van der Waals surface area contributed by atoms with Crippen LogP contribution < -0.4 is 0 Å². The Kier molecular flexibility index (Phi) is 9.07. The highest BCUT2D eigenvalue weighted by Crippen LogP contribution is 2.27. The molecule has 98 valence electrons. The molecule has 0 aromatic carbocycles. The van der Waals surface area contributed by atoms with Gasteiger partial charge in [-0.1, -0.05) is 80.1 Å². The van der Waals surface area contributed by atoms with Crippen LogP contribution in [0.4, 0.5) is 0 Å². The van der Waals surface area contributed by atoms with Gasteiger partial charge in [-0.2, -0.15) is 0 Å². The molecule has 4 unspecified atom stereocenters. The van der Waals surface area contributed by atoms with Crippen molar-refractivity contribution in [2.75, 3.05) is 0 Å². The molecule has 0 aliphatic heterocycles. The highest BCUT2D eigenvalue weighted by atomic mass is 14.2. The van der Waals surface area contributed by atoms with Gasteiger partial charge >= 0.3 is 0 Å². The normalized spacial score (nSPS) is 19.1. The van der Waals surface area contributed by atoms with Crippen LogP contribution in [0.3, 0.4) is 0 Å². The maximum atomic E-state index is 2.44. The molecular weight excluding hydrogens is 192 g/mol. The molecule has 0 spiro atoms. The second-order valence-corrected chi connectivity index (χ2v) is 6.06. The highest BCUT2D eigenvalue weighted by molar-refractivity contribution is 4.67. The molecule has 0 radical (unpaired) electrons. The molecule has 0 aliphatic carbocycles.